The van der Waals surface area contributed by atoms with Gasteiger partial charge in [-0.2, -0.15) is 0 Å². The summed E-state index contributed by atoms with van der Waals surface area (Å²) in [5.41, 5.74) is 0. The highest BCUT2D eigenvalue weighted by Gasteiger charge is 2.27. The molecule has 272 valence electrons. The Hall–Kier alpha value is -1.29. The molecule has 11 heteroatoms. The minimum Gasteiger partial charge on any atom is -0.457 e. The molecular formula is C35H67O10P. The molecule has 0 aliphatic heterocycles. The van der Waals surface area contributed by atoms with Crippen molar-refractivity contribution in [2.24, 2.45) is 0 Å². The minimum absolute atomic E-state index is 0.185. The number of aliphatic hydroxyl groups is 2. The minimum atomic E-state index is -4.62. The summed E-state index contributed by atoms with van der Waals surface area (Å²) in [5, 5.41) is 19.0. The number of carbonyl (C=O) groups excluding carboxylic acids is 2. The number of phosphoric ester groups is 1. The van der Waals surface area contributed by atoms with Gasteiger partial charge in [-0.1, -0.05) is 122 Å². The normalized spacial score (nSPS) is 14.3. The van der Waals surface area contributed by atoms with E-state index in [4.69, 9.17) is 18.5 Å². The van der Waals surface area contributed by atoms with Crippen LogP contribution in [0.3, 0.4) is 0 Å². The summed E-state index contributed by atoms with van der Waals surface area (Å²) in [6, 6.07) is 0. The number of esters is 2. The van der Waals surface area contributed by atoms with Crippen LogP contribution in [0.4, 0.5) is 0 Å². The van der Waals surface area contributed by atoms with Gasteiger partial charge in [0.25, 0.3) is 0 Å². The molecule has 0 radical (unpaired) electrons. The molecule has 10 nitrogen and oxygen atoms in total. The SMILES string of the molecule is CCCCCCC/C=C\CCCCCCCC(=O)OC(CO)COP(=O)(O)OCC(CO)OC(=O)CCCCCCCCCCC. The van der Waals surface area contributed by atoms with Crippen molar-refractivity contribution < 1.29 is 47.8 Å². The molecule has 3 unspecified atom stereocenters. The second-order valence-electron chi connectivity index (χ2n) is 12.2. The van der Waals surface area contributed by atoms with E-state index >= 15 is 0 Å². The Balaban J connectivity index is 4.01. The quantitative estimate of drug-likeness (QED) is 0.0262. The maximum Gasteiger partial charge on any atom is 0.472 e. The molecule has 0 heterocycles. The van der Waals surface area contributed by atoms with Crippen molar-refractivity contribution in [1.29, 1.82) is 0 Å². The van der Waals surface area contributed by atoms with Gasteiger partial charge >= 0.3 is 19.8 Å². The molecule has 0 aromatic rings. The maximum atomic E-state index is 12.3. The number of unbranched alkanes of at least 4 members (excludes halogenated alkanes) is 18. The van der Waals surface area contributed by atoms with Crippen LogP contribution >= 0.6 is 7.82 Å². The predicted molar refractivity (Wildman–Crippen MR) is 182 cm³/mol. The number of carbonyl (C=O) groups is 2. The van der Waals surface area contributed by atoms with Gasteiger partial charge < -0.3 is 24.6 Å². The van der Waals surface area contributed by atoms with Gasteiger partial charge in [-0.3, -0.25) is 18.6 Å². The molecule has 0 aliphatic carbocycles. The van der Waals surface area contributed by atoms with Crippen molar-refractivity contribution >= 4 is 19.8 Å². The van der Waals surface area contributed by atoms with Crippen LogP contribution in [0.25, 0.3) is 0 Å². The standard InChI is InChI=1S/C35H67O10P/c1-3-5-7-9-11-13-14-15-16-17-19-21-23-25-27-35(39)45-33(29-37)31-43-46(40,41)42-30-32(28-36)44-34(38)26-24-22-20-18-12-10-8-6-4-2/h14-15,32-33,36-37H,3-13,16-31H2,1-2H3,(H,40,41)/b15-14-. The Morgan fingerprint density at radius 1 is 0.565 bits per heavy atom. The van der Waals surface area contributed by atoms with Crippen LogP contribution in [0.5, 0.6) is 0 Å². The van der Waals surface area contributed by atoms with E-state index in [2.05, 4.69) is 26.0 Å². The van der Waals surface area contributed by atoms with Crippen molar-refractivity contribution in [3.05, 3.63) is 12.2 Å². The maximum absolute atomic E-state index is 12.3. The summed E-state index contributed by atoms with van der Waals surface area (Å²) in [7, 11) is -4.62. The van der Waals surface area contributed by atoms with E-state index in [0.717, 1.165) is 57.8 Å². The summed E-state index contributed by atoms with van der Waals surface area (Å²) < 4.78 is 32.3. The van der Waals surface area contributed by atoms with E-state index < -0.39 is 58.4 Å². The molecule has 3 atom stereocenters. The summed E-state index contributed by atoms with van der Waals surface area (Å²) in [6.45, 7) is 2.14. The number of rotatable bonds is 34. The smallest absolute Gasteiger partial charge is 0.457 e. The third-order valence-corrected chi connectivity index (χ3v) is 8.68. The van der Waals surface area contributed by atoms with Crippen LogP contribution in [-0.4, -0.2) is 65.7 Å². The van der Waals surface area contributed by atoms with Gasteiger partial charge in [0.1, 0.15) is 12.2 Å². The second kappa shape index (κ2) is 32.3. The molecule has 46 heavy (non-hydrogen) atoms. The van der Waals surface area contributed by atoms with Gasteiger partial charge in [0.05, 0.1) is 26.4 Å². The lowest BCUT2D eigenvalue weighted by Crippen LogP contribution is -2.28. The van der Waals surface area contributed by atoms with Crippen LogP contribution in [0, 0.1) is 0 Å². The average Bonchev–Trinajstić information content (AvgIpc) is 3.04. The monoisotopic (exact) mass is 678 g/mol. The molecule has 0 saturated carbocycles. The highest BCUT2D eigenvalue weighted by atomic mass is 31.2. The fourth-order valence-corrected chi connectivity index (χ4v) is 5.66. The van der Waals surface area contributed by atoms with E-state index in [1.54, 1.807) is 0 Å². The zero-order chi connectivity index (χ0) is 34.1. The van der Waals surface area contributed by atoms with Crippen molar-refractivity contribution in [1.82, 2.24) is 0 Å². The van der Waals surface area contributed by atoms with E-state index in [1.807, 2.05) is 0 Å². The number of hydrogen-bond donors (Lipinski definition) is 3. The molecule has 0 saturated heterocycles. The van der Waals surface area contributed by atoms with E-state index in [1.165, 1.54) is 64.2 Å². The van der Waals surface area contributed by atoms with E-state index in [0.29, 0.717) is 12.8 Å². The molecule has 0 amide bonds. The highest BCUT2D eigenvalue weighted by molar-refractivity contribution is 7.47. The van der Waals surface area contributed by atoms with Gasteiger partial charge in [0.2, 0.25) is 0 Å². The van der Waals surface area contributed by atoms with Gasteiger partial charge in [0.15, 0.2) is 0 Å². The van der Waals surface area contributed by atoms with Gasteiger partial charge in [-0.15, -0.1) is 0 Å². The predicted octanol–water partition coefficient (Wildman–Crippen LogP) is 8.50. The topological polar surface area (TPSA) is 149 Å². The number of allylic oxidation sites excluding steroid dienone is 2. The Kier molecular flexibility index (Phi) is 31.4. The summed E-state index contributed by atoms with van der Waals surface area (Å²) in [6.07, 6.45) is 26.3. The first-order valence-corrected chi connectivity index (χ1v) is 19.6. The largest absolute Gasteiger partial charge is 0.472 e. The molecule has 0 aromatic carbocycles. The lowest BCUT2D eigenvalue weighted by molar-refractivity contribution is -0.153. The van der Waals surface area contributed by atoms with Crippen molar-refractivity contribution in [3.8, 4) is 0 Å². The van der Waals surface area contributed by atoms with E-state index in [-0.39, 0.29) is 12.8 Å². The highest BCUT2D eigenvalue weighted by Crippen LogP contribution is 2.43. The summed E-state index contributed by atoms with van der Waals surface area (Å²) in [5.74, 6) is -1.03. The van der Waals surface area contributed by atoms with Crippen LogP contribution in [-0.2, 0) is 32.7 Å². The first-order valence-electron chi connectivity index (χ1n) is 18.1. The van der Waals surface area contributed by atoms with E-state index in [9.17, 15) is 29.3 Å². The van der Waals surface area contributed by atoms with Crippen molar-refractivity contribution in [3.63, 3.8) is 0 Å². The fourth-order valence-electron chi connectivity index (χ4n) is 4.87. The summed E-state index contributed by atoms with van der Waals surface area (Å²) >= 11 is 0. The molecule has 0 fully saturated rings. The average molecular weight is 679 g/mol. The van der Waals surface area contributed by atoms with Crippen LogP contribution < -0.4 is 0 Å². The van der Waals surface area contributed by atoms with Gasteiger partial charge in [-0.05, 0) is 38.5 Å². The third-order valence-electron chi connectivity index (χ3n) is 7.73. The zero-order valence-corrected chi connectivity index (χ0v) is 29.9. The Labute approximate surface area is 279 Å². The van der Waals surface area contributed by atoms with Gasteiger partial charge in [-0.25, -0.2) is 4.57 Å². The number of aliphatic hydroxyl groups excluding tert-OH is 2. The Morgan fingerprint density at radius 2 is 0.891 bits per heavy atom. The Morgan fingerprint density at radius 3 is 1.24 bits per heavy atom. The molecule has 0 aromatic heterocycles. The first kappa shape index (κ1) is 44.7. The Bertz CT molecular complexity index is 791. The van der Waals surface area contributed by atoms with Crippen molar-refractivity contribution in [2.75, 3.05) is 26.4 Å². The van der Waals surface area contributed by atoms with Crippen LogP contribution in [0.2, 0.25) is 0 Å². The molecule has 0 rings (SSSR count). The second-order valence-corrected chi connectivity index (χ2v) is 13.7. The number of ether oxygens (including phenoxy) is 2. The third kappa shape index (κ3) is 30.1. The summed E-state index contributed by atoms with van der Waals surface area (Å²) in [4.78, 5) is 34.2. The lowest BCUT2D eigenvalue weighted by Gasteiger charge is -2.20. The molecule has 0 spiro atoms. The van der Waals surface area contributed by atoms with Gasteiger partial charge in [0, 0.05) is 12.8 Å². The molecule has 0 aliphatic rings. The first-order chi connectivity index (χ1) is 22.3. The lowest BCUT2D eigenvalue weighted by atomic mass is 10.1. The number of hydrogen-bond acceptors (Lipinski definition) is 9. The van der Waals surface area contributed by atoms with Crippen LogP contribution in [0.15, 0.2) is 12.2 Å². The fraction of sp³-hybridized carbons (Fsp3) is 0.886. The molecular weight excluding hydrogens is 611 g/mol. The number of phosphoric acid groups is 1. The molecule has 3 N–H and O–H groups in total. The zero-order valence-electron chi connectivity index (χ0n) is 29.0. The van der Waals surface area contributed by atoms with Crippen LogP contribution in [0.1, 0.15) is 162 Å². The van der Waals surface area contributed by atoms with Crippen molar-refractivity contribution in [2.45, 2.75) is 174 Å². The molecule has 0 bridgehead atoms.